The van der Waals surface area contributed by atoms with E-state index in [2.05, 4.69) is 27.3 Å². The predicted molar refractivity (Wildman–Crippen MR) is 118 cm³/mol. The number of guanidine groups is 1. The summed E-state index contributed by atoms with van der Waals surface area (Å²) in [7, 11) is 7.30. The summed E-state index contributed by atoms with van der Waals surface area (Å²) in [4.78, 5) is 6.58. The Kier molecular flexibility index (Phi) is 9.22. The Morgan fingerprint density at radius 3 is 2.31 bits per heavy atom. The van der Waals surface area contributed by atoms with Crippen molar-refractivity contribution in [3.8, 4) is 11.5 Å². The van der Waals surface area contributed by atoms with Crippen molar-refractivity contribution in [2.45, 2.75) is 13.1 Å². The maximum absolute atomic E-state index is 6.02. The lowest BCUT2D eigenvalue weighted by molar-refractivity contribution is 0.355. The van der Waals surface area contributed by atoms with Gasteiger partial charge >= 0.3 is 0 Å². The summed E-state index contributed by atoms with van der Waals surface area (Å²) >= 11 is 0. The van der Waals surface area contributed by atoms with Crippen LogP contribution in [0, 0.1) is 0 Å². The molecule has 2 aromatic rings. The summed E-state index contributed by atoms with van der Waals surface area (Å²) in [6, 6.07) is 13.7. The van der Waals surface area contributed by atoms with Crippen molar-refractivity contribution in [1.82, 2.24) is 4.90 Å². The second kappa shape index (κ2) is 10.9. The van der Waals surface area contributed by atoms with Gasteiger partial charge in [-0.1, -0.05) is 24.3 Å². The predicted octanol–water partition coefficient (Wildman–Crippen LogP) is 3.31. The summed E-state index contributed by atoms with van der Waals surface area (Å²) in [6.45, 7) is 1.39. The van der Waals surface area contributed by atoms with Crippen molar-refractivity contribution in [1.29, 1.82) is 0 Å². The quantitative estimate of drug-likeness (QED) is 0.369. The fourth-order valence-electron chi connectivity index (χ4n) is 2.48. The Morgan fingerprint density at radius 1 is 1.04 bits per heavy atom. The number of hydrogen-bond acceptors (Lipinski definition) is 4. The van der Waals surface area contributed by atoms with Crippen molar-refractivity contribution in [3.05, 3.63) is 53.6 Å². The highest BCUT2D eigenvalue weighted by molar-refractivity contribution is 14.0. The topological polar surface area (TPSA) is 72.1 Å². The Balaban J connectivity index is 0.00000338. The zero-order chi connectivity index (χ0) is 18.2. The summed E-state index contributed by atoms with van der Waals surface area (Å²) in [6.07, 6.45) is 0. The van der Waals surface area contributed by atoms with Gasteiger partial charge in [0.25, 0.3) is 0 Å². The van der Waals surface area contributed by atoms with Crippen LogP contribution in [0.4, 0.5) is 5.69 Å². The van der Waals surface area contributed by atoms with Crippen molar-refractivity contribution in [2.24, 2.45) is 10.7 Å². The van der Waals surface area contributed by atoms with Crippen LogP contribution >= 0.6 is 24.0 Å². The maximum atomic E-state index is 6.02. The molecule has 26 heavy (non-hydrogen) atoms. The molecule has 0 spiro atoms. The van der Waals surface area contributed by atoms with Crippen molar-refractivity contribution in [2.75, 3.05) is 33.6 Å². The monoisotopic (exact) mass is 470 g/mol. The normalized spacial score (nSPS) is 11.0. The number of benzene rings is 2. The standard InChI is InChI=1S/C19H26N4O2.HI/c1-23(2)13-15-8-6-5-7-14(15)12-21-19(20)22-16-9-10-17(24-3)18(11-16)25-4;/h5-11H,12-13H2,1-4H3,(H3,20,21,22);1H. The van der Waals surface area contributed by atoms with E-state index in [0.29, 0.717) is 24.0 Å². The molecule has 0 radical (unpaired) electrons. The van der Waals surface area contributed by atoms with Gasteiger partial charge in [-0.15, -0.1) is 24.0 Å². The van der Waals surface area contributed by atoms with Gasteiger partial charge in [-0.05, 0) is 37.4 Å². The number of anilines is 1. The first-order valence-corrected chi connectivity index (χ1v) is 8.04. The number of nitrogens with zero attached hydrogens (tertiary/aromatic N) is 2. The fraction of sp³-hybridized carbons (Fsp3) is 0.316. The van der Waals surface area contributed by atoms with E-state index in [1.807, 2.05) is 44.4 Å². The average molecular weight is 470 g/mol. The number of methoxy groups -OCH3 is 2. The minimum atomic E-state index is 0. The molecule has 0 bridgehead atoms. The van der Waals surface area contributed by atoms with Crippen molar-refractivity contribution in [3.63, 3.8) is 0 Å². The summed E-state index contributed by atoms with van der Waals surface area (Å²) < 4.78 is 10.5. The molecule has 0 aliphatic carbocycles. The zero-order valence-electron chi connectivity index (χ0n) is 15.7. The molecular formula is C19H27IN4O2. The highest BCUT2D eigenvalue weighted by atomic mass is 127. The first kappa shape index (κ1) is 22.0. The minimum Gasteiger partial charge on any atom is -0.493 e. The van der Waals surface area contributed by atoms with Gasteiger partial charge in [0.15, 0.2) is 17.5 Å². The summed E-state index contributed by atoms with van der Waals surface area (Å²) in [5, 5.41) is 3.08. The lowest BCUT2D eigenvalue weighted by atomic mass is 10.1. The highest BCUT2D eigenvalue weighted by Gasteiger charge is 2.06. The van der Waals surface area contributed by atoms with E-state index >= 15 is 0 Å². The van der Waals surface area contributed by atoms with Crippen LogP contribution in [0.15, 0.2) is 47.5 Å². The first-order valence-electron chi connectivity index (χ1n) is 8.04. The van der Waals surface area contributed by atoms with Gasteiger partial charge in [0.05, 0.1) is 20.8 Å². The molecular weight excluding hydrogens is 443 g/mol. The molecule has 3 N–H and O–H groups in total. The number of rotatable bonds is 7. The third-order valence-corrected chi connectivity index (χ3v) is 3.68. The third-order valence-electron chi connectivity index (χ3n) is 3.68. The van der Waals surface area contributed by atoms with E-state index in [9.17, 15) is 0 Å². The van der Waals surface area contributed by atoms with Gasteiger partial charge in [0.1, 0.15) is 0 Å². The molecule has 0 amide bonds. The largest absolute Gasteiger partial charge is 0.493 e. The minimum absolute atomic E-state index is 0. The molecule has 6 nitrogen and oxygen atoms in total. The Hall–Kier alpha value is -2.00. The molecule has 0 unspecified atom stereocenters. The van der Waals surface area contributed by atoms with Crippen LogP contribution in [0.3, 0.4) is 0 Å². The van der Waals surface area contributed by atoms with Gasteiger partial charge in [-0.25, -0.2) is 4.99 Å². The molecule has 0 aliphatic heterocycles. The number of ether oxygens (including phenoxy) is 2. The molecule has 0 saturated carbocycles. The van der Waals surface area contributed by atoms with E-state index in [0.717, 1.165) is 17.8 Å². The molecule has 0 aromatic heterocycles. The fourth-order valence-corrected chi connectivity index (χ4v) is 2.48. The van der Waals surface area contributed by atoms with E-state index in [1.165, 1.54) is 5.56 Å². The molecule has 0 aliphatic rings. The first-order chi connectivity index (χ1) is 12.0. The highest BCUT2D eigenvalue weighted by Crippen LogP contribution is 2.29. The van der Waals surface area contributed by atoms with Crippen molar-refractivity contribution >= 4 is 35.6 Å². The van der Waals surface area contributed by atoms with Gasteiger partial charge < -0.3 is 25.4 Å². The van der Waals surface area contributed by atoms with E-state index in [-0.39, 0.29) is 24.0 Å². The summed E-state index contributed by atoms with van der Waals surface area (Å²) in [5.41, 5.74) is 9.22. The maximum Gasteiger partial charge on any atom is 0.193 e. The molecule has 0 saturated heterocycles. The van der Waals surface area contributed by atoms with Crippen LogP contribution < -0.4 is 20.5 Å². The van der Waals surface area contributed by atoms with Gasteiger partial charge in [-0.2, -0.15) is 0 Å². The molecule has 0 fully saturated rings. The number of halogens is 1. The smallest absolute Gasteiger partial charge is 0.193 e. The number of aliphatic imine (C=N–C) groups is 1. The van der Waals surface area contributed by atoms with E-state index < -0.39 is 0 Å². The Labute approximate surface area is 172 Å². The van der Waals surface area contributed by atoms with Crippen LogP contribution in [-0.2, 0) is 13.1 Å². The third kappa shape index (κ3) is 6.38. The summed E-state index contributed by atoms with van der Waals surface area (Å²) in [5.74, 6) is 1.66. The average Bonchev–Trinajstić information content (AvgIpc) is 2.60. The molecule has 142 valence electrons. The molecule has 7 heteroatoms. The second-order valence-corrected chi connectivity index (χ2v) is 5.90. The molecule has 0 atom stereocenters. The van der Waals surface area contributed by atoms with Gasteiger partial charge in [0, 0.05) is 18.3 Å². The van der Waals surface area contributed by atoms with E-state index in [1.54, 1.807) is 14.2 Å². The van der Waals surface area contributed by atoms with Crippen LogP contribution in [0.5, 0.6) is 11.5 Å². The number of hydrogen-bond donors (Lipinski definition) is 2. The Bertz CT molecular complexity index is 735. The lowest BCUT2D eigenvalue weighted by Crippen LogP contribution is -2.22. The van der Waals surface area contributed by atoms with Crippen LogP contribution in [0.2, 0.25) is 0 Å². The van der Waals surface area contributed by atoms with Gasteiger partial charge in [-0.3, -0.25) is 0 Å². The number of nitrogens with two attached hydrogens (primary N) is 1. The van der Waals surface area contributed by atoms with Crippen molar-refractivity contribution < 1.29 is 9.47 Å². The molecule has 2 aromatic carbocycles. The van der Waals surface area contributed by atoms with Gasteiger partial charge in [0.2, 0.25) is 0 Å². The van der Waals surface area contributed by atoms with Crippen LogP contribution in [0.25, 0.3) is 0 Å². The Morgan fingerprint density at radius 2 is 1.69 bits per heavy atom. The zero-order valence-corrected chi connectivity index (χ0v) is 18.0. The number of nitrogens with one attached hydrogen (secondary N) is 1. The van der Waals surface area contributed by atoms with E-state index in [4.69, 9.17) is 15.2 Å². The lowest BCUT2D eigenvalue weighted by Gasteiger charge is -2.13. The SMILES string of the molecule is COc1ccc(NC(N)=NCc2ccccc2CN(C)C)cc1OC.I. The molecule has 2 rings (SSSR count). The molecule has 0 heterocycles. The second-order valence-electron chi connectivity index (χ2n) is 5.90. The van der Waals surface area contributed by atoms with Crippen LogP contribution in [0.1, 0.15) is 11.1 Å². The van der Waals surface area contributed by atoms with Crippen LogP contribution in [-0.4, -0.2) is 39.2 Å².